The Bertz CT molecular complexity index is 1140. The van der Waals surface area contributed by atoms with E-state index in [9.17, 15) is 13.6 Å². The molecule has 0 saturated heterocycles. The highest BCUT2D eigenvalue weighted by Gasteiger charge is 2.57. The normalized spacial score (nSPS) is 16.9. The molecule has 8 heteroatoms. The van der Waals surface area contributed by atoms with Crippen molar-refractivity contribution < 1.29 is 22.7 Å². The third kappa shape index (κ3) is 4.85. The van der Waals surface area contributed by atoms with Crippen molar-refractivity contribution in [2.45, 2.75) is 37.0 Å². The zero-order valence-corrected chi connectivity index (χ0v) is 19.3. The first-order valence-corrected chi connectivity index (χ1v) is 11.3. The van der Waals surface area contributed by atoms with E-state index in [1.807, 2.05) is 49.3 Å². The molecule has 0 radical (unpaired) electrons. The number of alkyl halides is 2. The standard InChI is InChI=1S/C24H26F2N2O3S/c1-14(2)15-6-8-19(30-13-17-12-24(17,25)26)22(10-15)32-27-23(29)21-9-16-5-7-18(28(3)4)11-20(16)31-21/h5-11,14,17H,12-13H2,1-4H3,(H,27,29). The SMILES string of the molecule is CC(C)c1ccc(OCC2CC2(F)F)c(SNC(=O)c2cc3ccc(N(C)C)cc3o2)c1. The van der Waals surface area contributed by atoms with Crippen LogP contribution in [0.2, 0.25) is 0 Å². The number of nitrogens with one attached hydrogen (secondary N) is 1. The van der Waals surface area contributed by atoms with E-state index in [0.717, 1.165) is 28.6 Å². The number of furan rings is 1. The number of hydrogen-bond acceptors (Lipinski definition) is 5. The molecule has 32 heavy (non-hydrogen) atoms. The van der Waals surface area contributed by atoms with Gasteiger partial charge in [-0.05, 0) is 53.8 Å². The van der Waals surface area contributed by atoms with Gasteiger partial charge in [0.05, 0.1) is 17.4 Å². The second kappa shape index (κ2) is 8.65. The maximum absolute atomic E-state index is 13.2. The molecule has 1 unspecified atom stereocenters. The Morgan fingerprint density at radius 1 is 1.25 bits per heavy atom. The summed E-state index contributed by atoms with van der Waals surface area (Å²) in [4.78, 5) is 15.3. The number of hydrogen-bond donors (Lipinski definition) is 1. The van der Waals surface area contributed by atoms with Crippen LogP contribution in [0.5, 0.6) is 5.75 Å². The van der Waals surface area contributed by atoms with E-state index in [4.69, 9.17) is 9.15 Å². The Balaban J connectivity index is 1.48. The van der Waals surface area contributed by atoms with E-state index in [1.165, 1.54) is 0 Å². The molecule has 1 aliphatic rings. The maximum atomic E-state index is 13.2. The Morgan fingerprint density at radius 3 is 2.66 bits per heavy atom. The number of rotatable bonds is 8. The first-order valence-electron chi connectivity index (χ1n) is 10.5. The quantitative estimate of drug-likeness (QED) is 0.412. The number of fused-ring (bicyclic) bond motifs is 1. The number of halogens is 2. The fraction of sp³-hybridized carbons (Fsp3) is 0.375. The van der Waals surface area contributed by atoms with Crippen LogP contribution in [0.1, 0.15) is 42.3 Å². The van der Waals surface area contributed by atoms with E-state index in [0.29, 0.717) is 16.2 Å². The van der Waals surface area contributed by atoms with Gasteiger partial charge in [-0.1, -0.05) is 19.9 Å². The molecule has 4 rings (SSSR count). The van der Waals surface area contributed by atoms with Crippen molar-refractivity contribution in [2.75, 3.05) is 25.6 Å². The molecule has 1 heterocycles. The van der Waals surface area contributed by atoms with Gasteiger partial charge in [0.1, 0.15) is 11.3 Å². The van der Waals surface area contributed by atoms with Crippen LogP contribution in [0.15, 0.2) is 51.8 Å². The highest BCUT2D eigenvalue weighted by atomic mass is 32.2. The molecule has 0 aliphatic heterocycles. The molecule has 1 aromatic heterocycles. The molecule has 1 fully saturated rings. The molecule has 1 atom stereocenters. The van der Waals surface area contributed by atoms with E-state index >= 15 is 0 Å². The lowest BCUT2D eigenvalue weighted by atomic mass is 10.0. The molecule has 170 valence electrons. The van der Waals surface area contributed by atoms with Crippen molar-refractivity contribution in [3.63, 3.8) is 0 Å². The van der Waals surface area contributed by atoms with Gasteiger partial charge < -0.3 is 14.1 Å². The predicted octanol–water partition coefficient (Wildman–Crippen LogP) is 6.09. The third-order valence-electron chi connectivity index (χ3n) is 5.53. The van der Waals surface area contributed by atoms with Gasteiger partial charge >= 0.3 is 0 Å². The lowest BCUT2D eigenvalue weighted by molar-refractivity contribution is 0.0852. The Morgan fingerprint density at radius 2 is 2.00 bits per heavy atom. The number of anilines is 1. The van der Waals surface area contributed by atoms with Crippen molar-refractivity contribution in [1.82, 2.24) is 4.72 Å². The molecule has 1 amide bonds. The summed E-state index contributed by atoms with van der Waals surface area (Å²) < 4.78 is 40.6. The van der Waals surface area contributed by atoms with Gasteiger partial charge in [0.15, 0.2) is 5.76 Å². The molecule has 1 saturated carbocycles. The van der Waals surface area contributed by atoms with Gasteiger partial charge in [-0.3, -0.25) is 9.52 Å². The van der Waals surface area contributed by atoms with Crippen molar-refractivity contribution >= 4 is 34.5 Å². The second-order valence-electron chi connectivity index (χ2n) is 8.59. The fourth-order valence-corrected chi connectivity index (χ4v) is 4.01. The smallest absolute Gasteiger partial charge is 0.297 e. The van der Waals surface area contributed by atoms with Crippen molar-refractivity contribution in [1.29, 1.82) is 0 Å². The predicted molar refractivity (Wildman–Crippen MR) is 123 cm³/mol. The van der Waals surface area contributed by atoms with Gasteiger partial charge in [0, 0.05) is 37.7 Å². The van der Waals surface area contributed by atoms with Gasteiger partial charge in [-0.25, -0.2) is 8.78 Å². The zero-order valence-electron chi connectivity index (χ0n) is 18.4. The second-order valence-corrected chi connectivity index (χ2v) is 9.44. The summed E-state index contributed by atoms with van der Waals surface area (Å²) in [5.74, 6) is -2.82. The van der Waals surface area contributed by atoms with Crippen LogP contribution >= 0.6 is 11.9 Å². The van der Waals surface area contributed by atoms with Crippen LogP contribution in [0.4, 0.5) is 14.5 Å². The minimum atomic E-state index is -2.63. The van der Waals surface area contributed by atoms with Crippen LogP contribution in [-0.2, 0) is 0 Å². The highest BCUT2D eigenvalue weighted by Crippen LogP contribution is 2.49. The summed E-state index contributed by atoms with van der Waals surface area (Å²) >= 11 is 1.09. The summed E-state index contributed by atoms with van der Waals surface area (Å²) in [5, 5.41) is 0.835. The number of amides is 1. The number of benzene rings is 2. The molecule has 2 aromatic carbocycles. The van der Waals surface area contributed by atoms with Crippen LogP contribution in [0, 0.1) is 5.92 Å². The first-order chi connectivity index (χ1) is 15.1. The highest BCUT2D eigenvalue weighted by molar-refractivity contribution is 7.98. The number of carbonyl (C=O) groups is 1. The Hall–Kier alpha value is -2.74. The summed E-state index contributed by atoms with van der Waals surface area (Å²) in [6.45, 7) is 4.07. The Labute approximate surface area is 190 Å². The first kappa shape index (κ1) is 22.5. The van der Waals surface area contributed by atoms with Gasteiger partial charge in [-0.2, -0.15) is 0 Å². The molecule has 1 N–H and O–H groups in total. The van der Waals surface area contributed by atoms with E-state index < -0.39 is 11.8 Å². The lowest BCUT2D eigenvalue weighted by Gasteiger charge is -2.14. The van der Waals surface area contributed by atoms with E-state index in [-0.39, 0.29) is 30.6 Å². The molecule has 5 nitrogen and oxygen atoms in total. The molecule has 3 aromatic rings. The minimum absolute atomic E-state index is 0.0483. The summed E-state index contributed by atoms with van der Waals surface area (Å²) in [5.41, 5.74) is 2.66. The van der Waals surface area contributed by atoms with Crippen LogP contribution in [-0.4, -0.2) is 32.5 Å². The summed E-state index contributed by atoms with van der Waals surface area (Å²) in [7, 11) is 3.87. The van der Waals surface area contributed by atoms with Crippen molar-refractivity contribution in [3.8, 4) is 5.75 Å². The van der Waals surface area contributed by atoms with Crippen LogP contribution in [0.25, 0.3) is 11.0 Å². The van der Waals surface area contributed by atoms with Crippen LogP contribution in [0.3, 0.4) is 0 Å². The molecule has 0 spiro atoms. The minimum Gasteiger partial charge on any atom is -0.492 e. The lowest BCUT2D eigenvalue weighted by Crippen LogP contribution is -2.15. The molecular formula is C24H26F2N2O3S. The topological polar surface area (TPSA) is 54.7 Å². The Kier molecular flexibility index (Phi) is 6.07. The van der Waals surface area contributed by atoms with Crippen molar-refractivity contribution in [3.05, 3.63) is 53.8 Å². The maximum Gasteiger partial charge on any atom is 0.297 e. The van der Waals surface area contributed by atoms with Crippen LogP contribution < -0.4 is 14.4 Å². The van der Waals surface area contributed by atoms with E-state index in [2.05, 4.69) is 18.6 Å². The monoisotopic (exact) mass is 460 g/mol. The number of nitrogens with zero attached hydrogens (tertiary/aromatic N) is 1. The van der Waals surface area contributed by atoms with E-state index in [1.54, 1.807) is 12.1 Å². The third-order valence-corrected chi connectivity index (χ3v) is 6.35. The molecule has 0 bridgehead atoms. The van der Waals surface area contributed by atoms with Gasteiger partial charge in [-0.15, -0.1) is 0 Å². The number of carbonyl (C=O) groups excluding carboxylic acids is 1. The number of ether oxygens (including phenoxy) is 1. The largest absolute Gasteiger partial charge is 0.492 e. The summed E-state index contributed by atoms with van der Waals surface area (Å²) in [6.07, 6.45) is -0.141. The van der Waals surface area contributed by atoms with Gasteiger partial charge in [0.25, 0.3) is 11.8 Å². The zero-order chi connectivity index (χ0) is 23.0. The van der Waals surface area contributed by atoms with Crippen molar-refractivity contribution in [2.24, 2.45) is 5.92 Å². The fourth-order valence-electron chi connectivity index (χ4n) is 3.29. The molecule has 1 aliphatic carbocycles. The van der Waals surface area contributed by atoms with Gasteiger partial charge in [0.2, 0.25) is 0 Å². The summed E-state index contributed by atoms with van der Waals surface area (Å²) in [6, 6.07) is 13.0. The average Bonchev–Trinajstić information content (AvgIpc) is 3.16. The average molecular weight is 461 g/mol. The molecular weight excluding hydrogens is 434 g/mol.